The molecule has 0 radical (unpaired) electrons. The number of anilines is 1. The lowest BCUT2D eigenvalue weighted by Crippen LogP contribution is -2.11. The van der Waals surface area contributed by atoms with Gasteiger partial charge in [0, 0.05) is 17.7 Å². The molecule has 0 atom stereocenters. The van der Waals surface area contributed by atoms with Crippen molar-refractivity contribution in [1.29, 1.82) is 0 Å². The molecule has 3 nitrogen and oxygen atoms in total. The molecule has 1 amide bonds. The normalized spacial score (nSPS) is 10.9. The van der Waals surface area contributed by atoms with E-state index in [0.717, 1.165) is 16.7 Å². The van der Waals surface area contributed by atoms with Gasteiger partial charge in [-0.3, -0.25) is 9.59 Å². The van der Waals surface area contributed by atoms with E-state index in [9.17, 15) is 9.59 Å². The second-order valence-corrected chi connectivity index (χ2v) is 5.15. The van der Waals surface area contributed by atoms with Crippen LogP contribution in [0.15, 0.2) is 42.5 Å². The molecule has 0 saturated heterocycles. The molecule has 0 spiro atoms. The summed E-state index contributed by atoms with van der Waals surface area (Å²) in [7, 11) is 0. The molecule has 0 aliphatic heterocycles. The first-order valence-corrected chi connectivity index (χ1v) is 6.73. The van der Waals surface area contributed by atoms with Gasteiger partial charge in [-0.15, -0.1) is 0 Å². The van der Waals surface area contributed by atoms with Gasteiger partial charge in [0.2, 0.25) is 0 Å². The van der Waals surface area contributed by atoms with Gasteiger partial charge in [0.15, 0.2) is 0 Å². The first kappa shape index (κ1) is 16.6. The van der Waals surface area contributed by atoms with Crippen molar-refractivity contribution in [3.8, 4) is 0 Å². The maximum absolute atomic E-state index is 11.6. The SMILES string of the molecule is C=Cc1cc(NC(=O)C(=C)C)ccc1/C=C(\C)CC(C)=O. The number of ketones is 1. The van der Waals surface area contributed by atoms with E-state index in [4.69, 9.17) is 0 Å². The monoisotopic (exact) mass is 283 g/mol. The van der Waals surface area contributed by atoms with Crippen LogP contribution in [0.5, 0.6) is 0 Å². The lowest BCUT2D eigenvalue weighted by Gasteiger charge is -2.09. The van der Waals surface area contributed by atoms with Crippen LogP contribution in [-0.2, 0) is 9.59 Å². The number of allylic oxidation sites excluding steroid dienone is 1. The van der Waals surface area contributed by atoms with E-state index in [0.29, 0.717) is 17.7 Å². The van der Waals surface area contributed by atoms with Crippen LogP contribution in [0.1, 0.15) is 38.3 Å². The Balaban J connectivity index is 3.04. The molecule has 1 aromatic carbocycles. The zero-order chi connectivity index (χ0) is 16.0. The highest BCUT2D eigenvalue weighted by Crippen LogP contribution is 2.21. The number of carbonyl (C=O) groups is 2. The summed E-state index contributed by atoms with van der Waals surface area (Å²) in [4.78, 5) is 22.7. The summed E-state index contributed by atoms with van der Waals surface area (Å²) in [5, 5.41) is 2.77. The van der Waals surface area contributed by atoms with Crippen LogP contribution < -0.4 is 5.32 Å². The third-order valence-corrected chi connectivity index (χ3v) is 2.88. The number of Topliss-reactive ketones (excluding diaryl/α,β-unsaturated/α-hetero) is 1. The maximum Gasteiger partial charge on any atom is 0.250 e. The molecule has 0 bridgehead atoms. The van der Waals surface area contributed by atoms with E-state index in [1.54, 1.807) is 19.9 Å². The molecule has 21 heavy (non-hydrogen) atoms. The Labute approximate surface area is 126 Å². The first-order valence-electron chi connectivity index (χ1n) is 6.73. The summed E-state index contributed by atoms with van der Waals surface area (Å²) in [5.41, 5.74) is 4.01. The average Bonchev–Trinajstić information content (AvgIpc) is 2.39. The molecule has 0 aromatic heterocycles. The second-order valence-electron chi connectivity index (χ2n) is 5.15. The Bertz CT molecular complexity index is 624. The Kier molecular flexibility index (Phi) is 5.85. The van der Waals surface area contributed by atoms with Crippen LogP contribution in [0.2, 0.25) is 0 Å². The predicted molar refractivity (Wildman–Crippen MR) is 88.9 cm³/mol. The van der Waals surface area contributed by atoms with Crippen LogP contribution in [-0.4, -0.2) is 11.7 Å². The minimum absolute atomic E-state index is 0.134. The van der Waals surface area contributed by atoms with Crippen molar-refractivity contribution < 1.29 is 9.59 Å². The molecule has 0 aliphatic rings. The third-order valence-electron chi connectivity index (χ3n) is 2.88. The second kappa shape index (κ2) is 7.39. The van der Waals surface area contributed by atoms with Crippen LogP contribution >= 0.6 is 0 Å². The van der Waals surface area contributed by atoms with Gasteiger partial charge >= 0.3 is 0 Å². The van der Waals surface area contributed by atoms with Crippen LogP contribution in [0.25, 0.3) is 12.2 Å². The van der Waals surface area contributed by atoms with E-state index in [2.05, 4.69) is 18.5 Å². The Morgan fingerprint density at radius 2 is 1.86 bits per heavy atom. The number of carbonyl (C=O) groups excluding carboxylic acids is 2. The van der Waals surface area contributed by atoms with Gasteiger partial charge in [0.05, 0.1) is 0 Å². The lowest BCUT2D eigenvalue weighted by molar-refractivity contribution is -0.116. The topological polar surface area (TPSA) is 46.2 Å². The van der Waals surface area contributed by atoms with Crippen molar-refractivity contribution in [2.24, 2.45) is 0 Å². The number of hydrogen-bond acceptors (Lipinski definition) is 2. The highest BCUT2D eigenvalue weighted by atomic mass is 16.1. The van der Waals surface area contributed by atoms with Gasteiger partial charge < -0.3 is 5.32 Å². The van der Waals surface area contributed by atoms with Gasteiger partial charge in [0.25, 0.3) is 5.91 Å². The summed E-state index contributed by atoms with van der Waals surface area (Å²) in [6.07, 6.45) is 4.12. The van der Waals surface area contributed by atoms with Gasteiger partial charge in [-0.05, 0) is 44.0 Å². The highest BCUT2D eigenvalue weighted by Gasteiger charge is 2.05. The molecule has 0 saturated carbocycles. The fourth-order valence-electron chi connectivity index (χ4n) is 1.91. The summed E-state index contributed by atoms with van der Waals surface area (Å²) >= 11 is 0. The minimum Gasteiger partial charge on any atom is -0.322 e. The van der Waals surface area contributed by atoms with Crippen molar-refractivity contribution in [1.82, 2.24) is 0 Å². The van der Waals surface area contributed by atoms with Crippen LogP contribution in [0.3, 0.4) is 0 Å². The fourth-order valence-corrected chi connectivity index (χ4v) is 1.91. The number of benzene rings is 1. The maximum atomic E-state index is 11.6. The van der Waals surface area contributed by atoms with E-state index in [1.165, 1.54) is 0 Å². The minimum atomic E-state index is -0.207. The van der Waals surface area contributed by atoms with Gasteiger partial charge in [-0.2, -0.15) is 0 Å². The van der Waals surface area contributed by atoms with Gasteiger partial charge in [0.1, 0.15) is 5.78 Å². The van der Waals surface area contributed by atoms with Crippen molar-refractivity contribution in [2.75, 3.05) is 5.32 Å². The molecular formula is C18H21NO2. The lowest BCUT2D eigenvalue weighted by atomic mass is 10.0. The smallest absolute Gasteiger partial charge is 0.250 e. The van der Waals surface area contributed by atoms with Crippen LogP contribution in [0, 0.1) is 0 Å². The quantitative estimate of drug-likeness (QED) is 0.794. The zero-order valence-corrected chi connectivity index (χ0v) is 12.8. The summed E-state index contributed by atoms with van der Waals surface area (Å²) < 4.78 is 0. The zero-order valence-electron chi connectivity index (χ0n) is 12.8. The molecule has 110 valence electrons. The van der Waals surface area contributed by atoms with Gasteiger partial charge in [-0.25, -0.2) is 0 Å². The standard InChI is InChI=1S/C18H21NO2/c1-6-15-11-17(19-18(21)12(2)3)8-7-16(15)10-13(4)9-14(5)20/h6-8,10-11H,1-2,9H2,3-5H3,(H,19,21)/b13-10+. The number of amides is 1. The van der Waals surface area contributed by atoms with Gasteiger partial charge in [-0.1, -0.05) is 36.9 Å². The number of hydrogen-bond donors (Lipinski definition) is 1. The Morgan fingerprint density at radius 1 is 1.19 bits per heavy atom. The van der Waals surface area contributed by atoms with E-state index < -0.39 is 0 Å². The Morgan fingerprint density at radius 3 is 2.38 bits per heavy atom. The van der Waals surface area contributed by atoms with E-state index in [1.807, 2.05) is 31.2 Å². The van der Waals surface area contributed by atoms with Crippen molar-refractivity contribution in [3.63, 3.8) is 0 Å². The Hall–Kier alpha value is -2.42. The van der Waals surface area contributed by atoms with Crippen molar-refractivity contribution in [2.45, 2.75) is 27.2 Å². The molecule has 0 unspecified atom stereocenters. The molecule has 0 aliphatic carbocycles. The average molecular weight is 283 g/mol. The highest BCUT2D eigenvalue weighted by molar-refractivity contribution is 6.03. The largest absolute Gasteiger partial charge is 0.322 e. The van der Waals surface area contributed by atoms with Crippen molar-refractivity contribution >= 4 is 29.5 Å². The molecule has 0 fully saturated rings. The third kappa shape index (κ3) is 5.22. The first-order chi connectivity index (χ1) is 9.83. The molecule has 0 heterocycles. The molecule has 3 heteroatoms. The van der Waals surface area contributed by atoms with Crippen molar-refractivity contribution in [3.05, 3.63) is 53.6 Å². The summed E-state index contributed by atoms with van der Waals surface area (Å²) in [6, 6.07) is 5.57. The summed E-state index contributed by atoms with van der Waals surface area (Å²) in [6.45, 7) is 12.5. The molecule has 1 rings (SSSR count). The summed E-state index contributed by atoms with van der Waals surface area (Å²) in [5.74, 6) is -0.0738. The van der Waals surface area contributed by atoms with E-state index >= 15 is 0 Å². The number of rotatable bonds is 6. The fraction of sp³-hybridized carbons (Fsp3) is 0.222. The molecule has 1 N–H and O–H groups in total. The van der Waals surface area contributed by atoms with E-state index in [-0.39, 0.29) is 11.7 Å². The number of nitrogens with one attached hydrogen (secondary N) is 1. The molecule has 1 aromatic rings. The van der Waals surface area contributed by atoms with Crippen LogP contribution in [0.4, 0.5) is 5.69 Å². The predicted octanol–water partition coefficient (Wildman–Crippen LogP) is 4.23. The molecular weight excluding hydrogens is 262 g/mol.